The van der Waals surface area contributed by atoms with Crippen LogP contribution in [0.4, 0.5) is 10.1 Å². The molecule has 1 heterocycles. The third kappa shape index (κ3) is 3.82. The lowest BCUT2D eigenvalue weighted by atomic mass is 9.88. The lowest BCUT2D eigenvalue weighted by molar-refractivity contribution is 0.340. The Morgan fingerprint density at radius 1 is 1.17 bits per heavy atom. The average molecular weight is 314 g/mol. The Hall–Kier alpha value is -2.07. The van der Waals surface area contributed by atoms with Crippen molar-refractivity contribution < 1.29 is 9.13 Å². The molecule has 1 aliphatic heterocycles. The summed E-state index contributed by atoms with van der Waals surface area (Å²) in [5.41, 5.74) is 8.40. The minimum absolute atomic E-state index is 0.0867. The highest BCUT2D eigenvalue weighted by atomic mass is 19.1. The van der Waals surface area contributed by atoms with Crippen molar-refractivity contribution >= 4 is 5.69 Å². The molecule has 23 heavy (non-hydrogen) atoms. The maximum Gasteiger partial charge on any atom is 0.123 e. The molecule has 2 atom stereocenters. The SMILES string of the molecule is CCOc1ccc(N2CC(N)CC(c3cccc(F)c3)C2)cc1. The quantitative estimate of drug-likeness (QED) is 0.938. The van der Waals surface area contributed by atoms with Gasteiger partial charge in [0, 0.05) is 30.7 Å². The summed E-state index contributed by atoms with van der Waals surface area (Å²) in [4.78, 5) is 2.28. The van der Waals surface area contributed by atoms with Crippen LogP contribution in [0.15, 0.2) is 48.5 Å². The van der Waals surface area contributed by atoms with Crippen LogP contribution in [0.5, 0.6) is 5.75 Å². The molecule has 1 fully saturated rings. The first kappa shape index (κ1) is 15.8. The Balaban J connectivity index is 1.77. The number of rotatable bonds is 4. The Kier molecular flexibility index (Phi) is 4.82. The Morgan fingerprint density at radius 3 is 2.65 bits per heavy atom. The fourth-order valence-corrected chi connectivity index (χ4v) is 3.27. The third-order valence-electron chi connectivity index (χ3n) is 4.32. The van der Waals surface area contributed by atoms with E-state index in [1.165, 1.54) is 6.07 Å². The molecule has 2 N–H and O–H groups in total. The highest BCUT2D eigenvalue weighted by Gasteiger charge is 2.26. The maximum absolute atomic E-state index is 13.5. The van der Waals surface area contributed by atoms with E-state index >= 15 is 0 Å². The summed E-state index contributed by atoms with van der Waals surface area (Å²) in [6, 6.07) is 15.0. The number of halogens is 1. The average Bonchev–Trinajstić information content (AvgIpc) is 2.55. The molecule has 122 valence electrons. The summed E-state index contributed by atoms with van der Waals surface area (Å²) in [6.45, 7) is 4.31. The van der Waals surface area contributed by atoms with E-state index in [1.807, 2.05) is 25.1 Å². The molecule has 1 aliphatic rings. The normalized spacial score (nSPS) is 21.3. The summed E-state index contributed by atoms with van der Waals surface area (Å²) < 4.78 is 19.0. The number of anilines is 1. The molecule has 0 aromatic heterocycles. The van der Waals surface area contributed by atoms with Gasteiger partial charge in [0.1, 0.15) is 11.6 Å². The van der Waals surface area contributed by atoms with Crippen LogP contribution in [0, 0.1) is 5.82 Å². The predicted octanol–water partition coefficient (Wildman–Crippen LogP) is 3.55. The fraction of sp³-hybridized carbons (Fsp3) is 0.368. The maximum atomic E-state index is 13.5. The van der Waals surface area contributed by atoms with E-state index in [9.17, 15) is 4.39 Å². The van der Waals surface area contributed by atoms with Crippen molar-refractivity contribution in [1.29, 1.82) is 0 Å². The first-order valence-corrected chi connectivity index (χ1v) is 8.14. The summed E-state index contributed by atoms with van der Waals surface area (Å²) in [5.74, 6) is 0.939. The molecule has 0 spiro atoms. The zero-order valence-electron chi connectivity index (χ0n) is 13.4. The van der Waals surface area contributed by atoms with Crippen molar-refractivity contribution in [3.8, 4) is 5.75 Å². The van der Waals surface area contributed by atoms with Crippen molar-refractivity contribution in [3.63, 3.8) is 0 Å². The molecular formula is C19H23FN2O. The molecule has 2 unspecified atom stereocenters. The topological polar surface area (TPSA) is 38.5 Å². The monoisotopic (exact) mass is 314 g/mol. The molecule has 4 heteroatoms. The molecule has 3 nitrogen and oxygen atoms in total. The van der Waals surface area contributed by atoms with Gasteiger partial charge >= 0.3 is 0 Å². The standard InChI is InChI=1S/C19H23FN2O/c1-2-23-19-8-6-18(7-9-19)22-12-15(11-17(21)13-22)14-4-3-5-16(20)10-14/h3-10,15,17H,2,11-13,21H2,1H3. The van der Waals surface area contributed by atoms with Crippen molar-refractivity contribution in [2.75, 3.05) is 24.6 Å². The third-order valence-corrected chi connectivity index (χ3v) is 4.32. The predicted molar refractivity (Wildman–Crippen MR) is 91.6 cm³/mol. The smallest absolute Gasteiger partial charge is 0.123 e. The Labute approximate surface area is 136 Å². The van der Waals surface area contributed by atoms with Crippen LogP contribution in [-0.2, 0) is 0 Å². The molecule has 0 saturated carbocycles. The molecule has 2 aromatic rings. The van der Waals surface area contributed by atoms with Gasteiger partial charge in [0.25, 0.3) is 0 Å². The lowest BCUT2D eigenvalue weighted by Crippen LogP contribution is -2.46. The molecule has 0 aliphatic carbocycles. The van der Waals surface area contributed by atoms with Crippen LogP contribution < -0.4 is 15.4 Å². The van der Waals surface area contributed by atoms with Gasteiger partial charge in [-0.1, -0.05) is 12.1 Å². The first-order chi connectivity index (χ1) is 11.2. The number of piperidine rings is 1. The van der Waals surface area contributed by atoms with Crippen molar-refractivity contribution in [3.05, 3.63) is 59.9 Å². The van der Waals surface area contributed by atoms with E-state index in [2.05, 4.69) is 17.0 Å². The van der Waals surface area contributed by atoms with Crippen LogP contribution >= 0.6 is 0 Å². The highest BCUT2D eigenvalue weighted by molar-refractivity contribution is 5.50. The molecule has 3 rings (SSSR count). The number of ether oxygens (including phenoxy) is 1. The van der Waals surface area contributed by atoms with Crippen molar-refractivity contribution in [1.82, 2.24) is 0 Å². The number of nitrogens with zero attached hydrogens (tertiary/aromatic N) is 1. The number of hydrogen-bond acceptors (Lipinski definition) is 3. The zero-order valence-corrected chi connectivity index (χ0v) is 13.4. The number of nitrogens with two attached hydrogens (primary N) is 1. The minimum Gasteiger partial charge on any atom is -0.494 e. The summed E-state index contributed by atoms with van der Waals surface area (Å²) in [5, 5.41) is 0. The van der Waals surface area contributed by atoms with Crippen molar-refractivity contribution in [2.24, 2.45) is 5.73 Å². The van der Waals surface area contributed by atoms with Crippen LogP contribution in [0.1, 0.15) is 24.8 Å². The van der Waals surface area contributed by atoms with E-state index in [0.29, 0.717) is 6.61 Å². The van der Waals surface area contributed by atoms with Gasteiger partial charge < -0.3 is 15.4 Å². The molecule has 0 amide bonds. The molecule has 2 aromatic carbocycles. The van der Waals surface area contributed by atoms with Gasteiger partial charge in [0.2, 0.25) is 0 Å². The van der Waals surface area contributed by atoms with Gasteiger partial charge in [0.15, 0.2) is 0 Å². The second kappa shape index (κ2) is 7.01. The number of benzene rings is 2. The molecule has 1 saturated heterocycles. The Bertz CT molecular complexity index is 644. The zero-order chi connectivity index (χ0) is 16.2. The van der Waals surface area contributed by atoms with E-state index in [1.54, 1.807) is 12.1 Å². The van der Waals surface area contributed by atoms with E-state index in [0.717, 1.165) is 36.5 Å². The fourth-order valence-electron chi connectivity index (χ4n) is 3.27. The highest BCUT2D eigenvalue weighted by Crippen LogP contribution is 2.30. The minimum atomic E-state index is -0.186. The van der Waals surface area contributed by atoms with Gasteiger partial charge in [-0.05, 0) is 55.3 Å². The van der Waals surface area contributed by atoms with Gasteiger partial charge in [-0.25, -0.2) is 4.39 Å². The molecule has 0 bridgehead atoms. The van der Waals surface area contributed by atoms with Crippen LogP contribution in [0.3, 0.4) is 0 Å². The second-order valence-corrected chi connectivity index (χ2v) is 6.08. The van der Waals surface area contributed by atoms with E-state index in [4.69, 9.17) is 10.5 Å². The van der Waals surface area contributed by atoms with Gasteiger partial charge in [-0.3, -0.25) is 0 Å². The van der Waals surface area contributed by atoms with Gasteiger partial charge in [0.05, 0.1) is 6.61 Å². The number of hydrogen-bond donors (Lipinski definition) is 1. The largest absolute Gasteiger partial charge is 0.494 e. The van der Waals surface area contributed by atoms with Gasteiger partial charge in [-0.2, -0.15) is 0 Å². The van der Waals surface area contributed by atoms with Crippen molar-refractivity contribution in [2.45, 2.75) is 25.3 Å². The summed E-state index contributed by atoms with van der Waals surface area (Å²) >= 11 is 0. The van der Waals surface area contributed by atoms with Crippen LogP contribution in [0.2, 0.25) is 0 Å². The lowest BCUT2D eigenvalue weighted by Gasteiger charge is -2.38. The second-order valence-electron chi connectivity index (χ2n) is 6.08. The summed E-state index contributed by atoms with van der Waals surface area (Å²) in [7, 11) is 0. The van der Waals surface area contributed by atoms with Crippen LogP contribution in [-0.4, -0.2) is 25.7 Å². The molecular weight excluding hydrogens is 291 g/mol. The Morgan fingerprint density at radius 2 is 1.96 bits per heavy atom. The van der Waals surface area contributed by atoms with Crippen LogP contribution in [0.25, 0.3) is 0 Å². The van der Waals surface area contributed by atoms with Gasteiger partial charge in [-0.15, -0.1) is 0 Å². The van der Waals surface area contributed by atoms with E-state index < -0.39 is 0 Å². The molecule has 0 radical (unpaired) electrons. The first-order valence-electron chi connectivity index (χ1n) is 8.14. The summed E-state index contributed by atoms with van der Waals surface area (Å²) in [6.07, 6.45) is 0.886. The van der Waals surface area contributed by atoms with E-state index in [-0.39, 0.29) is 17.8 Å².